The Morgan fingerprint density at radius 3 is 2.23 bits per heavy atom. The lowest BCUT2D eigenvalue weighted by Gasteiger charge is -2.17. The van der Waals surface area contributed by atoms with Gasteiger partial charge in [-0.3, -0.25) is 4.79 Å². The first-order chi connectivity index (χ1) is 14.9. The minimum Gasteiger partial charge on any atom is -0.361 e. The van der Waals surface area contributed by atoms with Gasteiger partial charge in [-0.2, -0.15) is 5.26 Å². The third kappa shape index (κ3) is 9.27. The van der Waals surface area contributed by atoms with Gasteiger partial charge in [-0.05, 0) is 30.4 Å². The average Bonchev–Trinajstić information content (AvgIpc) is 3.09. The van der Waals surface area contributed by atoms with Gasteiger partial charge < -0.3 is 9.30 Å². The van der Waals surface area contributed by atoms with Gasteiger partial charge in [0.15, 0.2) is 5.78 Å². The molecular formula is C27H40N2O2. The minimum atomic E-state index is -0.152. The molecule has 0 atom stereocenters. The molecule has 0 N–H and O–H groups in total. The van der Waals surface area contributed by atoms with Gasteiger partial charge in [-0.25, -0.2) is 0 Å². The van der Waals surface area contributed by atoms with E-state index in [1.165, 1.54) is 57.8 Å². The molecule has 1 aromatic carbocycles. The van der Waals surface area contributed by atoms with Gasteiger partial charge in [0.25, 0.3) is 0 Å². The van der Waals surface area contributed by atoms with E-state index < -0.39 is 0 Å². The fourth-order valence-corrected chi connectivity index (χ4v) is 4.00. The van der Waals surface area contributed by atoms with Crippen molar-refractivity contribution in [2.75, 3.05) is 6.61 Å². The van der Waals surface area contributed by atoms with Crippen molar-refractivity contribution in [2.24, 2.45) is 5.41 Å². The fourth-order valence-electron chi connectivity index (χ4n) is 4.00. The van der Waals surface area contributed by atoms with Crippen LogP contribution in [-0.4, -0.2) is 17.0 Å². The average molecular weight is 425 g/mol. The number of rotatable bonds is 15. The summed E-state index contributed by atoms with van der Waals surface area (Å²) in [4.78, 5) is 12.3. The summed E-state index contributed by atoms with van der Waals surface area (Å²) in [7, 11) is 0. The number of nitrogens with zero attached hydrogens (tertiary/aromatic N) is 2. The van der Waals surface area contributed by atoms with Gasteiger partial charge in [0.1, 0.15) is 13.2 Å². The Morgan fingerprint density at radius 1 is 0.968 bits per heavy atom. The Hall–Kier alpha value is -2.12. The summed E-state index contributed by atoms with van der Waals surface area (Å²) < 4.78 is 7.78. The molecule has 1 aromatic heterocycles. The van der Waals surface area contributed by atoms with Crippen LogP contribution in [0.2, 0.25) is 0 Å². The van der Waals surface area contributed by atoms with Gasteiger partial charge in [0.2, 0.25) is 0 Å². The molecule has 0 saturated heterocycles. The van der Waals surface area contributed by atoms with Gasteiger partial charge >= 0.3 is 0 Å². The quantitative estimate of drug-likeness (QED) is 0.218. The molecule has 0 fully saturated rings. The number of Topliss-reactive ketones (excluding diaryl/α,β-unsaturated/α-hetero) is 1. The molecule has 2 rings (SSSR count). The molecular weight excluding hydrogens is 384 g/mol. The molecule has 4 nitrogen and oxygen atoms in total. The van der Waals surface area contributed by atoms with E-state index in [1.54, 1.807) is 0 Å². The SMILES string of the molecule is CC(C)(C)CCCCCCCCCCCOCn1c(C(=O)CC#N)cc2ccccc21. The van der Waals surface area contributed by atoms with Crippen LogP contribution in [0, 0.1) is 16.7 Å². The Morgan fingerprint density at radius 2 is 1.58 bits per heavy atom. The van der Waals surface area contributed by atoms with Gasteiger partial charge in [0, 0.05) is 12.0 Å². The molecule has 1 heterocycles. The molecule has 0 aliphatic heterocycles. The molecule has 170 valence electrons. The summed E-state index contributed by atoms with van der Waals surface area (Å²) >= 11 is 0. The highest BCUT2D eigenvalue weighted by molar-refractivity contribution is 6.01. The number of benzene rings is 1. The molecule has 0 amide bonds. The third-order valence-corrected chi connectivity index (χ3v) is 5.77. The van der Waals surface area contributed by atoms with E-state index in [1.807, 2.05) is 41.0 Å². The standard InChI is InChI=1S/C27H40N2O2/c1-27(2,3)18-13-9-7-5-4-6-8-10-14-20-31-22-29-24-16-12-11-15-23(24)21-25(29)26(30)17-19-28/h11-12,15-16,21H,4-10,13-14,17-18,20,22H2,1-3H3. The van der Waals surface area contributed by atoms with Crippen LogP contribution >= 0.6 is 0 Å². The normalized spacial score (nSPS) is 11.7. The maximum absolute atomic E-state index is 12.3. The molecule has 4 heteroatoms. The summed E-state index contributed by atoms with van der Waals surface area (Å²) in [5.74, 6) is -0.152. The van der Waals surface area contributed by atoms with Crippen molar-refractivity contribution in [2.45, 2.75) is 98.1 Å². The molecule has 0 bridgehead atoms. The zero-order valence-corrected chi connectivity index (χ0v) is 19.8. The Balaban J connectivity index is 1.59. The van der Waals surface area contributed by atoms with E-state index in [4.69, 9.17) is 10.00 Å². The first-order valence-corrected chi connectivity index (χ1v) is 12.0. The minimum absolute atomic E-state index is 0.104. The number of para-hydroxylation sites is 1. The summed E-state index contributed by atoms with van der Waals surface area (Å²) in [6.45, 7) is 8.03. The molecule has 0 saturated carbocycles. The second kappa shape index (κ2) is 13.3. The second-order valence-electron chi connectivity index (χ2n) is 9.80. The number of hydrogen-bond acceptors (Lipinski definition) is 3. The first kappa shape index (κ1) is 25.1. The summed E-state index contributed by atoms with van der Waals surface area (Å²) in [5.41, 5.74) is 2.01. The van der Waals surface area contributed by atoms with Gasteiger partial charge in [-0.1, -0.05) is 90.3 Å². The van der Waals surface area contributed by atoms with Crippen LogP contribution in [0.1, 0.15) is 102 Å². The van der Waals surface area contributed by atoms with E-state index in [9.17, 15) is 4.79 Å². The smallest absolute Gasteiger partial charge is 0.193 e. The van der Waals surface area contributed by atoms with Crippen LogP contribution in [0.4, 0.5) is 0 Å². The fraction of sp³-hybridized carbons (Fsp3) is 0.630. The third-order valence-electron chi connectivity index (χ3n) is 5.77. The van der Waals surface area contributed by atoms with E-state index in [0.29, 0.717) is 24.4 Å². The van der Waals surface area contributed by atoms with Crippen LogP contribution in [-0.2, 0) is 11.5 Å². The topological polar surface area (TPSA) is 55.0 Å². The number of carbonyl (C=O) groups is 1. The molecule has 2 aromatic rings. The largest absolute Gasteiger partial charge is 0.361 e. The number of aromatic nitrogens is 1. The zero-order chi connectivity index (χ0) is 22.5. The number of unbranched alkanes of at least 4 members (excludes halogenated alkanes) is 8. The van der Waals surface area contributed by atoms with Crippen molar-refractivity contribution in [3.8, 4) is 6.07 Å². The van der Waals surface area contributed by atoms with Crippen molar-refractivity contribution in [3.63, 3.8) is 0 Å². The predicted molar refractivity (Wildman–Crippen MR) is 128 cm³/mol. The van der Waals surface area contributed by atoms with Crippen molar-refractivity contribution < 1.29 is 9.53 Å². The Kier molecular flexibility index (Phi) is 10.8. The number of fused-ring (bicyclic) bond motifs is 1. The zero-order valence-electron chi connectivity index (χ0n) is 19.8. The van der Waals surface area contributed by atoms with E-state index >= 15 is 0 Å². The summed E-state index contributed by atoms with van der Waals surface area (Å²) in [5, 5.41) is 9.88. The predicted octanol–water partition coefficient (Wildman–Crippen LogP) is 7.66. The second-order valence-corrected chi connectivity index (χ2v) is 9.80. The van der Waals surface area contributed by atoms with Crippen LogP contribution in [0.5, 0.6) is 0 Å². The van der Waals surface area contributed by atoms with Crippen LogP contribution < -0.4 is 0 Å². The maximum Gasteiger partial charge on any atom is 0.193 e. The van der Waals surface area contributed by atoms with E-state index in [0.717, 1.165) is 17.3 Å². The number of ether oxygens (including phenoxy) is 1. The van der Waals surface area contributed by atoms with Crippen molar-refractivity contribution in [1.29, 1.82) is 5.26 Å². The number of nitriles is 1. The lowest BCUT2D eigenvalue weighted by Crippen LogP contribution is -2.11. The highest BCUT2D eigenvalue weighted by Crippen LogP contribution is 2.23. The molecule has 0 aliphatic rings. The molecule has 0 radical (unpaired) electrons. The lowest BCUT2D eigenvalue weighted by molar-refractivity contribution is 0.0725. The van der Waals surface area contributed by atoms with Crippen LogP contribution in [0.25, 0.3) is 10.9 Å². The lowest BCUT2D eigenvalue weighted by atomic mass is 9.89. The molecule has 0 unspecified atom stereocenters. The summed E-state index contributed by atoms with van der Waals surface area (Å²) in [6, 6.07) is 11.7. The highest BCUT2D eigenvalue weighted by Gasteiger charge is 2.15. The van der Waals surface area contributed by atoms with Crippen molar-refractivity contribution in [1.82, 2.24) is 4.57 Å². The van der Waals surface area contributed by atoms with Gasteiger partial charge in [0.05, 0.1) is 17.3 Å². The number of carbonyl (C=O) groups excluding carboxylic acids is 1. The molecule has 0 spiro atoms. The number of ketones is 1. The van der Waals surface area contributed by atoms with Crippen molar-refractivity contribution in [3.05, 3.63) is 36.0 Å². The van der Waals surface area contributed by atoms with Crippen LogP contribution in [0.15, 0.2) is 30.3 Å². The summed E-state index contributed by atoms with van der Waals surface area (Å²) in [6.07, 6.45) is 12.9. The Labute approximate surface area is 188 Å². The molecule has 31 heavy (non-hydrogen) atoms. The highest BCUT2D eigenvalue weighted by atomic mass is 16.5. The molecule has 0 aliphatic carbocycles. The Bertz CT molecular complexity index is 839. The van der Waals surface area contributed by atoms with Crippen molar-refractivity contribution >= 4 is 16.7 Å². The first-order valence-electron chi connectivity index (χ1n) is 12.0. The van der Waals surface area contributed by atoms with Gasteiger partial charge in [-0.15, -0.1) is 0 Å². The maximum atomic E-state index is 12.3. The van der Waals surface area contributed by atoms with Crippen LogP contribution in [0.3, 0.4) is 0 Å². The van der Waals surface area contributed by atoms with E-state index in [-0.39, 0.29) is 12.2 Å². The monoisotopic (exact) mass is 424 g/mol. The van der Waals surface area contributed by atoms with E-state index in [2.05, 4.69) is 20.8 Å². The number of hydrogen-bond donors (Lipinski definition) is 0.